The number of fused-ring (bicyclic) bond motifs is 1. The summed E-state index contributed by atoms with van der Waals surface area (Å²) in [5.74, 6) is -0.881. The number of anilines is 1. The van der Waals surface area contributed by atoms with Crippen LogP contribution in [0.15, 0.2) is 18.2 Å². The van der Waals surface area contributed by atoms with Crippen LogP contribution < -0.4 is 4.90 Å². The van der Waals surface area contributed by atoms with Crippen LogP contribution in [-0.2, 0) is 11.2 Å². The third-order valence-corrected chi connectivity index (χ3v) is 3.78. The van der Waals surface area contributed by atoms with E-state index in [9.17, 15) is 14.7 Å². The molecular formula is C15H20N2O3. The maximum absolute atomic E-state index is 12.1. The molecule has 0 saturated heterocycles. The van der Waals surface area contributed by atoms with E-state index >= 15 is 0 Å². The van der Waals surface area contributed by atoms with Crippen LogP contribution in [0.2, 0.25) is 0 Å². The van der Waals surface area contributed by atoms with Crippen molar-refractivity contribution < 1.29 is 14.7 Å². The van der Waals surface area contributed by atoms with Crippen molar-refractivity contribution in [3.8, 4) is 0 Å². The Morgan fingerprint density at radius 3 is 2.65 bits per heavy atom. The van der Waals surface area contributed by atoms with Gasteiger partial charge in [0.25, 0.3) is 0 Å². The molecule has 1 heterocycles. The van der Waals surface area contributed by atoms with Crippen LogP contribution in [-0.4, -0.2) is 48.6 Å². The highest BCUT2D eigenvalue weighted by Crippen LogP contribution is 2.31. The number of carbonyl (C=O) groups excluding carboxylic acids is 1. The fraction of sp³-hybridized carbons (Fsp3) is 0.467. The van der Waals surface area contributed by atoms with E-state index in [-0.39, 0.29) is 11.9 Å². The number of nitrogens with zero attached hydrogens (tertiary/aromatic N) is 2. The maximum atomic E-state index is 12.1. The van der Waals surface area contributed by atoms with Crippen LogP contribution in [0.4, 0.5) is 5.69 Å². The number of rotatable bonds is 3. The fourth-order valence-corrected chi connectivity index (χ4v) is 2.76. The molecule has 0 saturated carbocycles. The summed E-state index contributed by atoms with van der Waals surface area (Å²) in [6, 6.07) is 4.99. The molecule has 5 heteroatoms. The lowest BCUT2D eigenvalue weighted by atomic mass is 9.95. The molecule has 1 amide bonds. The van der Waals surface area contributed by atoms with Crippen LogP contribution in [0.3, 0.4) is 0 Å². The molecule has 0 aliphatic carbocycles. The number of carbonyl (C=O) groups is 2. The third-order valence-electron chi connectivity index (χ3n) is 3.78. The Labute approximate surface area is 118 Å². The van der Waals surface area contributed by atoms with E-state index < -0.39 is 5.97 Å². The number of amides is 1. The third kappa shape index (κ3) is 2.48. The molecule has 0 spiro atoms. The van der Waals surface area contributed by atoms with E-state index in [1.54, 1.807) is 31.1 Å². The summed E-state index contributed by atoms with van der Waals surface area (Å²) >= 11 is 0. The van der Waals surface area contributed by atoms with Crippen molar-refractivity contribution in [3.05, 3.63) is 29.3 Å². The minimum Gasteiger partial charge on any atom is -0.478 e. The highest BCUT2D eigenvalue weighted by Gasteiger charge is 2.28. The van der Waals surface area contributed by atoms with Gasteiger partial charge >= 0.3 is 5.97 Å². The van der Waals surface area contributed by atoms with E-state index in [1.165, 1.54) is 0 Å². The first-order valence-electron chi connectivity index (χ1n) is 6.76. The lowest BCUT2D eigenvalue weighted by molar-refractivity contribution is -0.129. The molecule has 0 radical (unpaired) electrons. The molecule has 1 aromatic rings. The molecule has 0 aromatic heterocycles. The summed E-state index contributed by atoms with van der Waals surface area (Å²) < 4.78 is 0. The summed E-state index contributed by atoms with van der Waals surface area (Å²) in [6.07, 6.45) is 1.61. The number of carboxylic acid groups (broad SMARTS) is 1. The van der Waals surface area contributed by atoms with Gasteiger partial charge in [0.05, 0.1) is 5.56 Å². The molecule has 2 rings (SSSR count). The molecule has 0 fully saturated rings. The Morgan fingerprint density at radius 1 is 1.35 bits per heavy atom. The van der Waals surface area contributed by atoms with Crippen molar-refractivity contribution in [2.24, 2.45) is 0 Å². The van der Waals surface area contributed by atoms with Crippen LogP contribution >= 0.6 is 0 Å². The highest BCUT2D eigenvalue weighted by atomic mass is 16.4. The Morgan fingerprint density at radius 2 is 2.05 bits per heavy atom. The first-order chi connectivity index (χ1) is 9.43. The Kier molecular flexibility index (Phi) is 3.97. The predicted octanol–water partition coefficient (Wildman–Crippen LogP) is 1.61. The molecule has 20 heavy (non-hydrogen) atoms. The van der Waals surface area contributed by atoms with E-state index in [2.05, 4.69) is 0 Å². The van der Waals surface area contributed by atoms with Crippen molar-refractivity contribution in [1.29, 1.82) is 0 Å². The van der Waals surface area contributed by atoms with Gasteiger partial charge < -0.3 is 14.9 Å². The molecule has 108 valence electrons. The summed E-state index contributed by atoms with van der Waals surface area (Å²) in [7, 11) is 3.47. The fourth-order valence-electron chi connectivity index (χ4n) is 2.76. The molecule has 0 bridgehead atoms. The summed E-state index contributed by atoms with van der Waals surface area (Å²) in [5, 5.41) is 9.27. The second-order valence-corrected chi connectivity index (χ2v) is 5.31. The average Bonchev–Trinajstić information content (AvgIpc) is 2.44. The zero-order valence-corrected chi connectivity index (χ0v) is 12.1. The molecule has 1 aliphatic rings. The Hall–Kier alpha value is -2.04. The summed E-state index contributed by atoms with van der Waals surface area (Å²) in [6.45, 7) is 2.64. The van der Waals surface area contributed by atoms with Gasteiger partial charge in [0.1, 0.15) is 6.04 Å². The van der Waals surface area contributed by atoms with E-state index in [1.807, 2.05) is 17.9 Å². The number of hydrogen-bond donors (Lipinski definition) is 1. The SMILES string of the molecule is CC(C(=O)N(C)C)N1CCCc2c(C(=O)O)cccc21. The second kappa shape index (κ2) is 5.53. The van der Waals surface area contributed by atoms with E-state index in [4.69, 9.17) is 0 Å². The molecule has 1 aliphatic heterocycles. The van der Waals surface area contributed by atoms with Gasteiger partial charge in [-0.25, -0.2) is 4.79 Å². The zero-order valence-electron chi connectivity index (χ0n) is 12.1. The second-order valence-electron chi connectivity index (χ2n) is 5.31. The first kappa shape index (κ1) is 14.4. The van der Waals surface area contributed by atoms with Gasteiger partial charge in [-0.1, -0.05) is 6.07 Å². The number of carboxylic acids is 1. The van der Waals surface area contributed by atoms with Gasteiger partial charge in [0.15, 0.2) is 0 Å². The van der Waals surface area contributed by atoms with Gasteiger partial charge in [0.2, 0.25) is 5.91 Å². The zero-order chi connectivity index (χ0) is 14.9. The molecule has 1 unspecified atom stereocenters. The van der Waals surface area contributed by atoms with Crippen LogP contribution in [0, 0.1) is 0 Å². The topological polar surface area (TPSA) is 60.9 Å². The number of hydrogen-bond acceptors (Lipinski definition) is 3. The molecule has 5 nitrogen and oxygen atoms in total. The Bertz CT molecular complexity index is 540. The van der Waals surface area contributed by atoms with Gasteiger partial charge in [-0.15, -0.1) is 0 Å². The van der Waals surface area contributed by atoms with Crippen molar-refractivity contribution in [2.45, 2.75) is 25.8 Å². The summed E-state index contributed by atoms with van der Waals surface area (Å²) in [5.41, 5.74) is 2.06. The van der Waals surface area contributed by atoms with E-state index in [0.29, 0.717) is 5.56 Å². The molecular weight excluding hydrogens is 256 g/mol. The quantitative estimate of drug-likeness (QED) is 0.911. The van der Waals surface area contributed by atoms with Crippen molar-refractivity contribution in [2.75, 3.05) is 25.5 Å². The molecule has 1 atom stereocenters. The molecule has 1 aromatic carbocycles. The minimum atomic E-state index is -0.907. The Balaban J connectivity index is 2.41. The maximum Gasteiger partial charge on any atom is 0.336 e. The van der Waals surface area contributed by atoms with Gasteiger partial charge in [-0.2, -0.15) is 0 Å². The largest absolute Gasteiger partial charge is 0.478 e. The number of likely N-dealkylation sites (N-methyl/N-ethyl adjacent to an activating group) is 1. The van der Waals surface area contributed by atoms with Crippen LogP contribution in [0.1, 0.15) is 29.3 Å². The van der Waals surface area contributed by atoms with Crippen LogP contribution in [0.5, 0.6) is 0 Å². The standard InChI is InChI=1S/C15H20N2O3/c1-10(14(18)16(2)3)17-9-5-7-11-12(15(19)20)6-4-8-13(11)17/h4,6,8,10H,5,7,9H2,1-3H3,(H,19,20). The smallest absolute Gasteiger partial charge is 0.336 e. The number of benzene rings is 1. The van der Waals surface area contributed by atoms with E-state index in [0.717, 1.165) is 30.6 Å². The van der Waals surface area contributed by atoms with Crippen molar-refractivity contribution in [1.82, 2.24) is 4.90 Å². The van der Waals surface area contributed by atoms with Crippen LogP contribution in [0.25, 0.3) is 0 Å². The van der Waals surface area contributed by atoms with Gasteiger partial charge in [-0.3, -0.25) is 4.79 Å². The predicted molar refractivity (Wildman–Crippen MR) is 77.2 cm³/mol. The highest BCUT2D eigenvalue weighted by molar-refractivity contribution is 5.92. The van der Waals surface area contributed by atoms with Gasteiger partial charge in [0, 0.05) is 26.3 Å². The normalized spacial score (nSPS) is 15.4. The first-order valence-corrected chi connectivity index (χ1v) is 6.76. The lowest BCUT2D eigenvalue weighted by Gasteiger charge is -2.36. The molecule has 1 N–H and O–H groups in total. The van der Waals surface area contributed by atoms with Gasteiger partial charge in [-0.05, 0) is 37.5 Å². The number of aromatic carboxylic acids is 1. The monoisotopic (exact) mass is 276 g/mol. The van der Waals surface area contributed by atoms with Crippen molar-refractivity contribution in [3.63, 3.8) is 0 Å². The lowest BCUT2D eigenvalue weighted by Crippen LogP contribution is -2.47. The average molecular weight is 276 g/mol. The summed E-state index contributed by atoms with van der Waals surface area (Å²) in [4.78, 5) is 27.0. The van der Waals surface area contributed by atoms with Crippen molar-refractivity contribution >= 4 is 17.6 Å². The minimum absolute atomic E-state index is 0.0265.